The molecule has 4 rings (SSSR count). The van der Waals surface area contributed by atoms with Crippen LogP contribution in [0.5, 0.6) is 0 Å². The van der Waals surface area contributed by atoms with Crippen LogP contribution in [-0.2, 0) is 16.1 Å². The van der Waals surface area contributed by atoms with Crippen LogP contribution in [0.3, 0.4) is 0 Å². The Bertz CT molecular complexity index is 1170. The zero-order valence-electron chi connectivity index (χ0n) is 16.3. The van der Waals surface area contributed by atoms with E-state index in [1.165, 1.54) is 0 Å². The van der Waals surface area contributed by atoms with E-state index in [-0.39, 0.29) is 5.57 Å². The van der Waals surface area contributed by atoms with Crippen LogP contribution in [0.15, 0.2) is 60.3 Å². The van der Waals surface area contributed by atoms with Crippen molar-refractivity contribution in [3.63, 3.8) is 0 Å². The highest BCUT2D eigenvalue weighted by molar-refractivity contribution is 6.39. The van der Waals surface area contributed by atoms with Crippen LogP contribution in [0.1, 0.15) is 24.5 Å². The summed E-state index contributed by atoms with van der Waals surface area (Å²) < 4.78 is 2.11. The number of anilines is 1. The average Bonchev–Trinajstić information content (AvgIpc) is 3.04. The lowest BCUT2D eigenvalue weighted by atomic mass is 10.1. The molecule has 3 aromatic rings. The molecule has 4 amide bonds. The fourth-order valence-corrected chi connectivity index (χ4v) is 3.66. The Morgan fingerprint density at radius 3 is 2.48 bits per heavy atom. The molecule has 0 aliphatic carbocycles. The summed E-state index contributed by atoms with van der Waals surface area (Å²) in [4.78, 5) is 39.1. The predicted octanol–water partition coefficient (Wildman–Crippen LogP) is 4.03. The molecule has 1 fully saturated rings. The second-order valence-corrected chi connectivity index (χ2v) is 7.04. The molecule has 1 aliphatic rings. The monoisotopic (exact) mass is 387 g/mol. The molecular formula is C23H21N3O3. The largest absolute Gasteiger partial charge is 0.347 e. The van der Waals surface area contributed by atoms with E-state index in [0.29, 0.717) is 5.69 Å². The van der Waals surface area contributed by atoms with Gasteiger partial charge in [-0.15, -0.1) is 0 Å². The minimum Gasteiger partial charge on any atom is -0.347 e. The molecule has 29 heavy (non-hydrogen) atoms. The number of benzene rings is 2. The lowest BCUT2D eigenvalue weighted by Crippen LogP contribution is -2.54. The van der Waals surface area contributed by atoms with Gasteiger partial charge < -0.3 is 4.57 Å². The van der Waals surface area contributed by atoms with E-state index in [1.54, 1.807) is 18.2 Å². The fourth-order valence-electron chi connectivity index (χ4n) is 3.66. The molecule has 0 saturated carbocycles. The lowest BCUT2D eigenvalue weighted by molar-refractivity contribution is -0.122. The van der Waals surface area contributed by atoms with Gasteiger partial charge in [0.15, 0.2) is 0 Å². The molecule has 146 valence electrons. The number of nitrogens with zero attached hydrogens (tertiary/aromatic N) is 2. The van der Waals surface area contributed by atoms with Crippen LogP contribution in [0.4, 0.5) is 10.5 Å². The summed E-state index contributed by atoms with van der Waals surface area (Å²) in [6.07, 6.45) is 4.48. The molecule has 0 bridgehead atoms. The van der Waals surface area contributed by atoms with Crippen molar-refractivity contribution in [1.82, 2.24) is 9.88 Å². The number of carbonyl (C=O) groups is 3. The molecule has 0 spiro atoms. The second-order valence-electron chi connectivity index (χ2n) is 7.04. The highest BCUT2D eigenvalue weighted by Gasteiger charge is 2.37. The maximum Gasteiger partial charge on any atom is 0.335 e. The minimum absolute atomic E-state index is 0.0627. The minimum atomic E-state index is -0.736. The number of fused-ring (bicyclic) bond motifs is 1. The van der Waals surface area contributed by atoms with E-state index in [1.807, 2.05) is 49.5 Å². The van der Waals surface area contributed by atoms with Gasteiger partial charge in [0.25, 0.3) is 11.8 Å². The van der Waals surface area contributed by atoms with Gasteiger partial charge in [0, 0.05) is 29.2 Å². The van der Waals surface area contributed by atoms with Gasteiger partial charge in [-0.05, 0) is 37.1 Å². The van der Waals surface area contributed by atoms with Crippen LogP contribution >= 0.6 is 0 Å². The zero-order chi connectivity index (χ0) is 20.5. The first-order chi connectivity index (χ1) is 14.0. The van der Waals surface area contributed by atoms with Crippen LogP contribution < -0.4 is 10.2 Å². The van der Waals surface area contributed by atoms with Crippen molar-refractivity contribution in [2.45, 2.75) is 26.8 Å². The molecule has 1 aliphatic heterocycles. The normalized spacial score (nSPS) is 16.0. The molecule has 0 atom stereocenters. The van der Waals surface area contributed by atoms with Crippen LogP contribution in [-0.4, -0.2) is 22.4 Å². The first-order valence-electron chi connectivity index (χ1n) is 9.56. The van der Waals surface area contributed by atoms with Gasteiger partial charge in [0.1, 0.15) is 5.57 Å². The Morgan fingerprint density at radius 1 is 1.00 bits per heavy atom. The molecular weight excluding hydrogens is 366 g/mol. The van der Waals surface area contributed by atoms with Crippen molar-refractivity contribution < 1.29 is 14.4 Å². The van der Waals surface area contributed by atoms with Crippen molar-refractivity contribution in [3.05, 3.63) is 71.4 Å². The van der Waals surface area contributed by atoms with Crippen molar-refractivity contribution in [2.24, 2.45) is 0 Å². The molecule has 0 radical (unpaired) electrons. The molecule has 6 nitrogen and oxygen atoms in total. The fraction of sp³-hybridized carbons (Fsp3) is 0.174. The van der Waals surface area contributed by atoms with E-state index in [2.05, 4.69) is 16.8 Å². The Morgan fingerprint density at radius 2 is 1.72 bits per heavy atom. The number of carbonyl (C=O) groups excluding carboxylic acids is 3. The number of hydrogen-bond donors (Lipinski definition) is 1. The number of hydrogen-bond acceptors (Lipinski definition) is 3. The van der Waals surface area contributed by atoms with E-state index in [0.717, 1.165) is 39.9 Å². The zero-order valence-corrected chi connectivity index (χ0v) is 16.3. The highest BCUT2D eigenvalue weighted by atomic mass is 16.2. The van der Waals surface area contributed by atoms with Crippen LogP contribution in [0.25, 0.3) is 17.0 Å². The summed E-state index contributed by atoms with van der Waals surface area (Å²) in [7, 11) is 0. The number of para-hydroxylation sites is 2. The number of aryl methyl sites for hydroxylation is 2. The SMILES string of the molecule is CCCn1cc(/C=C2/C(=O)NC(=O)N(c3ccccc3C)C2=O)c2ccccc21. The molecule has 1 aromatic heterocycles. The molecule has 2 aromatic carbocycles. The van der Waals surface area contributed by atoms with Gasteiger partial charge in [-0.25, -0.2) is 9.69 Å². The maximum atomic E-state index is 13.1. The smallest absolute Gasteiger partial charge is 0.335 e. The quantitative estimate of drug-likeness (QED) is 0.543. The van der Waals surface area contributed by atoms with Crippen LogP contribution in [0.2, 0.25) is 0 Å². The summed E-state index contributed by atoms with van der Waals surface area (Å²) >= 11 is 0. The van der Waals surface area contributed by atoms with E-state index >= 15 is 0 Å². The standard InChI is InChI=1S/C23H21N3O3/c1-3-12-25-14-16(17-9-5-7-11-20(17)25)13-18-21(27)24-23(29)26(22(18)28)19-10-6-4-8-15(19)2/h4-11,13-14H,3,12H2,1-2H3,(H,24,27,29)/b18-13-. The lowest BCUT2D eigenvalue weighted by Gasteiger charge is -2.27. The Hall–Kier alpha value is -3.67. The number of amides is 4. The second kappa shape index (κ2) is 7.39. The van der Waals surface area contributed by atoms with Gasteiger partial charge in [-0.1, -0.05) is 43.3 Å². The first-order valence-corrected chi connectivity index (χ1v) is 9.56. The number of aromatic nitrogens is 1. The maximum absolute atomic E-state index is 13.1. The van der Waals surface area contributed by atoms with E-state index in [9.17, 15) is 14.4 Å². The topological polar surface area (TPSA) is 71.4 Å². The first kappa shape index (κ1) is 18.7. The molecule has 1 saturated heterocycles. The Balaban J connectivity index is 1.82. The summed E-state index contributed by atoms with van der Waals surface area (Å²) in [5.74, 6) is -1.31. The molecule has 6 heteroatoms. The predicted molar refractivity (Wildman–Crippen MR) is 112 cm³/mol. The summed E-state index contributed by atoms with van der Waals surface area (Å²) in [5, 5.41) is 3.24. The van der Waals surface area contributed by atoms with E-state index in [4.69, 9.17) is 0 Å². The molecule has 1 N–H and O–H groups in total. The summed E-state index contributed by atoms with van der Waals surface area (Å²) in [6, 6.07) is 14.2. The van der Waals surface area contributed by atoms with Crippen molar-refractivity contribution in [1.29, 1.82) is 0 Å². The third-order valence-corrected chi connectivity index (χ3v) is 5.04. The number of rotatable bonds is 4. The summed E-state index contributed by atoms with van der Waals surface area (Å²) in [6.45, 7) is 4.74. The van der Waals surface area contributed by atoms with E-state index < -0.39 is 17.8 Å². The van der Waals surface area contributed by atoms with Gasteiger partial charge >= 0.3 is 6.03 Å². The molecule has 0 unspecified atom stereocenters. The number of urea groups is 1. The Labute approximate surface area is 168 Å². The third kappa shape index (κ3) is 3.23. The van der Waals surface area contributed by atoms with Crippen LogP contribution in [0, 0.1) is 6.92 Å². The number of barbiturate groups is 1. The number of nitrogens with one attached hydrogen (secondary N) is 1. The highest BCUT2D eigenvalue weighted by Crippen LogP contribution is 2.28. The van der Waals surface area contributed by atoms with Crippen molar-refractivity contribution >= 4 is 40.5 Å². The summed E-state index contributed by atoms with van der Waals surface area (Å²) in [5.41, 5.74) is 2.97. The van der Waals surface area contributed by atoms with Gasteiger partial charge in [0.05, 0.1) is 5.69 Å². The number of imide groups is 2. The van der Waals surface area contributed by atoms with Gasteiger partial charge in [0.2, 0.25) is 0 Å². The van der Waals surface area contributed by atoms with Gasteiger partial charge in [-0.3, -0.25) is 14.9 Å². The third-order valence-electron chi connectivity index (χ3n) is 5.04. The van der Waals surface area contributed by atoms with Crippen molar-refractivity contribution in [2.75, 3.05) is 4.90 Å². The Kier molecular flexibility index (Phi) is 4.76. The molecule has 2 heterocycles. The van der Waals surface area contributed by atoms with Gasteiger partial charge in [-0.2, -0.15) is 0 Å². The van der Waals surface area contributed by atoms with Crippen molar-refractivity contribution in [3.8, 4) is 0 Å². The average molecular weight is 387 g/mol.